The Morgan fingerprint density at radius 3 is 0.607 bits per heavy atom. The first-order valence-electron chi connectivity index (χ1n) is 48.1. The van der Waals surface area contributed by atoms with Crippen LogP contribution in [0.15, 0.2) is 0 Å². The molecule has 5 atom stereocenters. The number of unbranched alkanes of at least 4 members (excludes halogenated alkanes) is 65. The lowest BCUT2D eigenvalue weighted by Gasteiger charge is -2.21. The minimum atomic E-state index is -4.97. The Labute approximate surface area is 689 Å². The summed E-state index contributed by atoms with van der Waals surface area (Å²) in [5, 5.41) is 10.7. The second-order valence-electron chi connectivity index (χ2n) is 33.9. The van der Waals surface area contributed by atoms with Crippen LogP contribution in [0.2, 0.25) is 0 Å². The molecule has 19 heteroatoms. The van der Waals surface area contributed by atoms with E-state index < -0.39 is 97.5 Å². The van der Waals surface area contributed by atoms with Gasteiger partial charge in [0.1, 0.15) is 19.3 Å². The number of hydrogen-bond acceptors (Lipinski definition) is 15. The van der Waals surface area contributed by atoms with Crippen LogP contribution in [-0.2, 0) is 65.4 Å². The van der Waals surface area contributed by atoms with Gasteiger partial charge in [0.05, 0.1) is 26.4 Å². The molecule has 0 aromatic heterocycles. The molecule has 0 aliphatic heterocycles. The Morgan fingerprint density at radius 2 is 0.411 bits per heavy atom. The van der Waals surface area contributed by atoms with E-state index in [1.807, 2.05) is 0 Å². The van der Waals surface area contributed by atoms with E-state index in [4.69, 9.17) is 37.0 Å². The van der Waals surface area contributed by atoms with Crippen LogP contribution in [0.4, 0.5) is 0 Å². The van der Waals surface area contributed by atoms with Gasteiger partial charge in [0, 0.05) is 25.7 Å². The van der Waals surface area contributed by atoms with Gasteiger partial charge in [-0.25, -0.2) is 9.13 Å². The fraction of sp³-hybridized carbons (Fsp3) is 0.957. The summed E-state index contributed by atoms with van der Waals surface area (Å²) in [5.41, 5.74) is 0. The van der Waals surface area contributed by atoms with Crippen LogP contribution >= 0.6 is 15.6 Å². The molecule has 0 saturated heterocycles. The summed E-state index contributed by atoms with van der Waals surface area (Å²) in [6, 6.07) is 0. The standard InChI is InChI=1S/C93H182O17P2/c1-6-9-12-15-18-21-24-26-28-30-32-34-36-38-40-42-47-52-57-62-67-72-77-91(96)104-83-89(110-92(97)78-73-68-63-58-53-48-43-41-39-37-35-33-31-29-27-25-22-19-16-13-10-7-2)85-108-112(101,102)106-81-87(94)80-105-111(99,100)107-84-88(82-103-90(95)76-71-66-61-56-50-23-20-17-14-11-8-3)109-93(98)79-74-69-64-59-54-49-45-44-46-51-55-60-65-70-75-86(4)5/h86-89,94H,6-85H2,1-5H3,(H,99,100)(H,101,102)/t87-,88+,89+/m0/s1. The van der Waals surface area contributed by atoms with Crippen molar-refractivity contribution in [1.82, 2.24) is 0 Å². The molecule has 17 nitrogen and oxygen atoms in total. The van der Waals surface area contributed by atoms with Gasteiger partial charge in [0.15, 0.2) is 12.2 Å². The molecule has 0 saturated carbocycles. The Kier molecular flexibility index (Phi) is 84.0. The Morgan fingerprint density at radius 1 is 0.241 bits per heavy atom. The number of aliphatic hydroxyl groups excluding tert-OH is 1. The van der Waals surface area contributed by atoms with Crippen molar-refractivity contribution in [3.05, 3.63) is 0 Å². The lowest BCUT2D eigenvalue weighted by molar-refractivity contribution is -0.161. The van der Waals surface area contributed by atoms with Gasteiger partial charge < -0.3 is 33.8 Å². The molecule has 0 spiro atoms. The first kappa shape index (κ1) is 110. The highest BCUT2D eigenvalue weighted by atomic mass is 31.2. The molecule has 0 bridgehead atoms. The largest absolute Gasteiger partial charge is 0.472 e. The highest BCUT2D eigenvalue weighted by molar-refractivity contribution is 7.47. The molecule has 0 aromatic rings. The van der Waals surface area contributed by atoms with Crippen LogP contribution < -0.4 is 0 Å². The van der Waals surface area contributed by atoms with Crippen LogP contribution in [-0.4, -0.2) is 96.7 Å². The third kappa shape index (κ3) is 85.9. The number of carbonyl (C=O) groups excluding carboxylic acids is 4. The number of hydrogen-bond donors (Lipinski definition) is 3. The SMILES string of the molecule is CCCCCCCCCCCCCCCCCCCCCCCCC(=O)OC[C@H](COP(=O)(O)OC[C@@H](O)COP(=O)(O)OC[C@@H](COC(=O)CCCCCCCCCCCCC)OC(=O)CCCCCCCCCCCCCCCCC(C)C)OC(=O)CCCCCCCCCCCCCCCCCCCCCCCC. The zero-order chi connectivity index (χ0) is 81.8. The maximum absolute atomic E-state index is 13.2. The zero-order valence-corrected chi connectivity index (χ0v) is 75.6. The van der Waals surface area contributed by atoms with Crippen LogP contribution in [0.3, 0.4) is 0 Å². The zero-order valence-electron chi connectivity index (χ0n) is 73.8. The summed E-state index contributed by atoms with van der Waals surface area (Å²) in [4.78, 5) is 73.5. The highest BCUT2D eigenvalue weighted by Crippen LogP contribution is 2.45. The predicted octanol–water partition coefficient (Wildman–Crippen LogP) is 29.1. The first-order chi connectivity index (χ1) is 54.5. The minimum Gasteiger partial charge on any atom is -0.462 e. The van der Waals surface area contributed by atoms with E-state index in [0.717, 1.165) is 95.8 Å². The summed E-state index contributed by atoms with van der Waals surface area (Å²) in [5.74, 6) is -1.30. The topological polar surface area (TPSA) is 237 Å². The number of esters is 4. The van der Waals surface area contributed by atoms with Crippen LogP contribution in [0.1, 0.15) is 510 Å². The fourth-order valence-electron chi connectivity index (χ4n) is 14.7. The third-order valence-corrected chi connectivity index (χ3v) is 23.9. The van der Waals surface area contributed by atoms with Gasteiger partial charge in [-0.15, -0.1) is 0 Å². The molecule has 0 rings (SSSR count). The lowest BCUT2D eigenvalue weighted by Crippen LogP contribution is -2.30. The van der Waals surface area contributed by atoms with Gasteiger partial charge in [-0.3, -0.25) is 37.3 Å². The molecule has 0 aliphatic carbocycles. The Hall–Kier alpha value is -1.94. The monoisotopic (exact) mass is 1630 g/mol. The Balaban J connectivity index is 5.22. The maximum atomic E-state index is 13.2. The van der Waals surface area contributed by atoms with E-state index in [9.17, 15) is 43.2 Å². The molecule has 0 aromatic carbocycles. The van der Waals surface area contributed by atoms with Gasteiger partial charge in [0.25, 0.3) is 0 Å². The Bertz CT molecular complexity index is 2120. The van der Waals surface area contributed by atoms with Crippen LogP contribution in [0, 0.1) is 5.92 Å². The van der Waals surface area contributed by atoms with E-state index in [0.29, 0.717) is 25.7 Å². The molecular formula is C93H182O17P2. The van der Waals surface area contributed by atoms with E-state index in [-0.39, 0.29) is 25.7 Å². The molecule has 666 valence electrons. The van der Waals surface area contributed by atoms with Gasteiger partial charge in [-0.2, -0.15) is 0 Å². The maximum Gasteiger partial charge on any atom is 0.472 e. The number of rotatable bonds is 93. The number of aliphatic hydroxyl groups is 1. The predicted molar refractivity (Wildman–Crippen MR) is 465 cm³/mol. The summed E-state index contributed by atoms with van der Waals surface area (Å²) < 4.78 is 69.1. The average Bonchev–Trinajstić information content (AvgIpc) is 0.898. The molecule has 2 unspecified atom stereocenters. The van der Waals surface area contributed by atoms with E-state index >= 15 is 0 Å². The number of carbonyl (C=O) groups is 4. The van der Waals surface area contributed by atoms with Crippen molar-refractivity contribution in [2.24, 2.45) is 5.92 Å². The summed E-state index contributed by atoms with van der Waals surface area (Å²) in [6.45, 7) is 7.42. The molecular weight excluding hydrogens is 1450 g/mol. The quantitative estimate of drug-likeness (QED) is 0.0222. The van der Waals surface area contributed by atoms with Gasteiger partial charge in [-0.05, 0) is 31.6 Å². The smallest absolute Gasteiger partial charge is 0.462 e. The van der Waals surface area contributed by atoms with E-state index in [1.54, 1.807) is 0 Å². The molecule has 112 heavy (non-hydrogen) atoms. The van der Waals surface area contributed by atoms with Gasteiger partial charge in [0.2, 0.25) is 0 Å². The minimum absolute atomic E-state index is 0.108. The highest BCUT2D eigenvalue weighted by Gasteiger charge is 2.31. The van der Waals surface area contributed by atoms with Gasteiger partial charge >= 0.3 is 39.5 Å². The average molecular weight is 1630 g/mol. The summed E-state index contributed by atoms with van der Waals surface area (Å²) in [7, 11) is -9.94. The van der Waals surface area contributed by atoms with Crippen molar-refractivity contribution in [2.45, 2.75) is 528 Å². The first-order valence-corrected chi connectivity index (χ1v) is 51.1. The summed E-state index contributed by atoms with van der Waals surface area (Å²) in [6.07, 6.45) is 82.2. The fourth-order valence-corrected chi connectivity index (χ4v) is 16.3. The molecule has 0 aliphatic rings. The molecule has 0 fully saturated rings. The molecule has 0 radical (unpaired) electrons. The van der Waals surface area contributed by atoms with Crippen molar-refractivity contribution >= 4 is 39.5 Å². The summed E-state index contributed by atoms with van der Waals surface area (Å²) >= 11 is 0. The molecule has 0 amide bonds. The van der Waals surface area contributed by atoms with Crippen molar-refractivity contribution in [3.8, 4) is 0 Å². The normalized spacial score (nSPS) is 13.7. The van der Waals surface area contributed by atoms with E-state index in [2.05, 4.69) is 34.6 Å². The van der Waals surface area contributed by atoms with Gasteiger partial charge in [-0.1, -0.05) is 458 Å². The van der Waals surface area contributed by atoms with Crippen molar-refractivity contribution in [1.29, 1.82) is 0 Å². The van der Waals surface area contributed by atoms with Crippen molar-refractivity contribution in [2.75, 3.05) is 39.6 Å². The molecule has 0 heterocycles. The van der Waals surface area contributed by atoms with Crippen LogP contribution in [0.5, 0.6) is 0 Å². The van der Waals surface area contributed by atoms with E-state index in [1.165, 1.54) is 334 Å². The number of ether oxygens (including phenoxy) is 4. The number of phosphoric acid groups is 2. The lowest BCUT2D eigenvalue weighted by atomic mass is 10.0. The second kappa shape index (κ2) is 85.5. The second-order valence-corrected chi connectivity index (χ2v) is 36.8. The number of phosphoric ester groups is 2. The molecule has 3 N–H and O–H groups in total. The third-order valence-electron chi connectivity index (χ3n) is 22.0. The van der Waals surface area contributed by atoms with Crippen LogP contribution in [0.25, 0.3) is 0 Å². The van der Waals surface area contributed by atoms with Crippen molar-refractivity contribution < 1.29 is 80.2 Å². The van der Waals surface area contributed by atoms with Crippen molar-refractivity contribution in [3.63, 3.8) is 0 Å².